The highest BCUT2D eigenvalue weighted by Gasteiger charge is 2.29. The van der Waals surface area contributed by atoms with E-state index in [2.05, 4.69) is 33.2 Å². The number of aromatic nitrogens is 1. The number of rotatable bonds is 4. The Bertz CT molecular complexity index is 427. The Morgan fingerprint density at radius 1 is 1.61 bits per heavy atom. The number of pyridine rings is 1. The fourth-order valence-corrected chi connectivity index (χ4v) is 3.93. The smallest absolute Gasteiger partial charge is 0.271 e. The van der Waals surface area contributed by atoms with E-state index in [1.807, 2.05) is 23.9 Å². The van der Waals surface area contributed by atoms with Gasteiger partial charge in [-0.15, -0.1) is 0 Å². The molecule has 0 radical (unpaired) electrons. The number of carbonyl (C=O) groups excluding carboxylic acids is 1. The van der Waals surface area contributed by atoms with E-state index in [1.165, 1.54) is 12.8 Å². The summed E-state index contributed by atoms with van der Waals surface area (Å²) < 4.78 is 0.750. The van der Waals surface area contributed by atoms with Gasteiger partial charge in [-0.05, 0) is 46.7 Å². The predicted molar refractivity (Wildman–Crippen MR) is 79.0 cm³/mol. The van der Waals surface area contributed by atoms with Crippen LogP contribution in [0.2, 0.25) is 0 Å². The molecule has 1 fully saturated rings. The van der Waals surface area contributed by atoms with Crippen molar-refractivity contribution in [2.24, 2.45) is 0 Å². The molecule has 0 aromatic carbocycles. The van der Waals surface area contributed by atoms with Crippen LogP contribution in [0.3, 0.4) is 0 Å². The van der Waals surface area contributed by atoms with E-state index >= 15 is 0 Å². The lowest BCUT2D eigenvalue weighted by Crippen LogP contribution is -2.39. The molecule has 1 aliphatic rings. The van der Waals surface area contributed by atoms with Gasteiger partial charge in [0.2, 0.25) is 0 Å². The zero-order valence-electron chi connectivity index (χ0n) is 10.4. The van der Waals surface area contributed by atoms with Crippen molar-refractivity contribution in [1.82, 2.24) is 10.3 Å². The minimum atomic E-state index is -0.0731. The van der Waals surface area contributed by atoms with Crippen molar-refractivity contribution < 1.29 is 4.79 Å². The van der Waals surface area contributed by atoms with E-state index in [0.29, 0.717) is 10.9 Å². The van der Waals surface area contributed by atoms with E-state index in [9.17, 15) is 4.79 Å². The topological polar surface area (TPSA) is 42.0 Å². The van der Waals surface area contributed by atoms with Gasteiger partial charge in [-0.1, -0.05) is 13.3 Å². The van der Waals surface area contributed by atoms with Gasteiger partial charge in [-0.25, -0.2) is 4.98 Å². The van der Waals surface area contributed by atoms with Crippen LogP contribution in [0.15, 0.2) is 22.8 Å². The van der Waals surface area contributed by atoms with Crippen molar-refractivity contribution in [2.45, 2.75) is 37.5 Å². The first-order chi connectivity index (χ1) is 8.72. The van der Waals surface area contributed by atoms with Crippen LogP contribution in [0.5, 0.6) is 0 Å². The van der Waals surface area contributed by atoms with Crippen LogP contribution in [0.1, 0.15) is 36.7 Å². The Labute approximate surface area is 120 Å². The van der Waals surface area contributed by atoms with Crippen LogP contribution >= 0.6 is 27.7 Å². The molecular weight excluding hydrogens is 312 g/mol. The summed E-state index contributed by atoms with van der Waals surface area (Å²) in [6.07, 6.45) is 5.12. The van der Waals surface area contributed by atoms with E-state index in [1.54, 1.807) is 6.20 Å². The third-order valence-electron chi connectivity index (χ3n) is 3.12. The molecule has 1 saturated carbocycles. The molecule has 18 heavy (non-hydrogen) atoms. The Hall–Kier alpha value is -0.550. The van der Waals surface area contributed by atoms with Gasteiger partial charge in [-0.2, -0.15) is 11.8 Å². The summed E-state index contributed by atoms with van der Waals surface area (Å²) in [6.45, 7) is 2.16. The van der Waals surface area contributed by atoms with E-state index < -0.39 is 0 Å². The first-order valence-corrected chi connectivity index (χ1v) is 8.09. The van der Waals surface area contributed by atoms with Crippen LogP contribution in [0.25, 0.3) is 0 Å². The Balaban J connectivity index is 2.01. The molecule has 0 aliphatic heterocycles. The van der Waals surface area contributed by atoms with Crippen molar-refractivity contribution in [1.29, 1.82) is 0 Å². The van der Waals surface area contributed by atoms with Crippen molar-refractivity contribution >= 4 is 33.6 Å². The monoisotopic (exact) mass is 328 g/mol. The van der Waals surface area contributed by atoms with Gasteiger partial charge in [0.05, 0.1) is 0 Å². The largest absolute Gasteiger partial charge is 0.347 e. The van der Waals surface area contributed by atoms with Crippen molar-refractivity contribution in [3.8, 4) is 0 Å². The molecule has 0 bridgehead atoms. The van der Waals surface area contributed by atoms with Gasteiger partial charge in [0.15, 0.2) is 0 Å². The van der Waals surface area contributed by atoms with Gasteiger partial charge >= 0.3 is 0 Å². The maximum absolute atomic E-state index is 12.2. The van der Waals surface area contributed by atoms with Crippen molar-refractivity contribution in [3.63, 3.8) is 0 Å². The highest BCUT2D eigenvalue weighted by Crippen LogP contribution is 2.30. The Morgan fingerprint density at radius 3 is 3.17 bits per heavy atom. The molecule has 0 spiro atoms. The van der Waals surface area contributed by atoms with E-state index in [0.717, 1.165) is 16.6 Å². The summed E-state index contributed by atoms with van der Waals surface area (Å²) in [7, 11) is 0. The van der Waals surface area contributed by atoms with Gasteiger partial charge in [0.1, 0.15) is 5.69 Å². The molecule has 1 amide bonds. The summed E-state index contributed by atoms with van der Waals surface area (Å²) in [5.74, 6) is 1.03. The third-order valence-corrected chi connectivity index (χ3v) is 5.09. The number of nitrogens with zero attached hydrogens (tertiary/aromatic N) is 1. The second kappa shape index (κ2) is 6.57. The van der Waals surface area contributed by atoms with Crippen LogP contribution in [0, 0.1) is 0 Å². The van der Waals surface area contributed by atoms with Gasteiger partial charge in [-0.3, -0.25) is 4.79 Å². The summed E-state index contributed by atoms with van der Waals surface area (Å²) in [5, 5.41) is 3.68. The number of hydrogen-bond donors (Lipinski definition) is 1. The Morgan fingerprint density at radius 2 is 2.44 bits per heavy atom. The number of thioether (sulfide) groups is 1. The second-order valence-electron chi connectivity index (χ2n) is 4.34. The molecule has 2 rings (SSSR count). The minimum Gasteiger partial charge on any atom is -0.347 e. The molecule has 0 saturated heterocycles. The van der Waals surface area contributed by atoms with Gasteiger partial charge in [0.25, 0.3) is 5.91 Å². The molecule has 1 heterocycles. The first kappa shape index (κ1) is 13.9. The van der Waals surface area contributed by atoms with Crippen LogP contribution in [-0.4, -0.2) is 27.9 Å². The summed E-state index contributed by atoms with van der Waals surface area (Å²) >= 11 is 5.31. The maximum atomic E-state index is 12.2. The van der Waals surface area contributed by atoms with E-state index in [-0.39, 0.29) is 11.9 Å². The molecule has 1 aromatic rings. The lowest BCUT2D eigenvalue weighted by molar-refractivity contribution is 0.0933. The summed E-state index contributed by atoms with van der Waals surface area (Å²) in [5.41, 5.74) is 0.477. The number of hydrogen-bond acceptors (Lipinski definition) is 3. The zero-order valence-corrected chi connectivity index (χ0v) is 12.8. The predicted octanol–water partition coefficient (Wildman–Crippen LogP) is 3.25. The molecular formula is C13H17BrN2OS. The molecule has 2 atom stereocenters. The number of carbonyl (C=O) groups is 1. The molecule has 98 valence electrons. The molecule has 3 nitrogen and oxygen atoms in total. The molecule has 1 aromatic heterocycles. The molecule has 5 heteroatoms. The number of nitrogens with one attached hydrogen (secondary N) is 1. The SMILES string of the molecule is CCSC1CCCC1NC(=O)c1ncccc1Br. The quantitative estimate of drug-likeness (QED) is 0.922. The molecule has 2 unspecified atom stereocenters. The zero-order chi connectivity index (χ0) is 13.0. The molecule has 1 aliphatic carbocycles. The average molecular weight is 329 g/mol. The third kappa shape index (κ3) is 3.26. The lowest BCUT2D eigenvalue weighted by atomic mass is 10.2. The van der Waals surface area contributed by atoms with Gasteiger partial charge in [0, 0.05) is 22.0 Å². The van der Waals surface area contributed by atoms with Crippen LogP contribution < -0.4 is 5.32 Å². The first-order valence-electron chi connectivity index (χ1n) is 6.25. The number of amides is 1. The standard InChI is InChI=1S/C13H17BrN2OS/c1-2-18-11-7-3-6-10(11)16-13(17)12-9(14)5-4-8-15-12/h4-5,8,10-11H,2-3,6-7H2,1H3,(H,16,17). The van der Waals surface area contributed by atoms with Crippen molar-refractivity contribution in [2.75, 3.05) is 5.75 Å². The number of halogens is 1. The van der Waals surface area contributed by atoms with E-state index in [4.69, 9.17) is 0 Å². The highest BCUT2D eigenvalue weighted by atomic mass is 79.9. The summed E-state index contributed by atoms with van der Waals surface area (Å²) in [6, 6.07) is 3.94. The second-order valence-corrected chi connectivity index (χ2v) is 6.71. The molecule has 1 N–H and O–H groups in total. The average Bonchev–Trinajstić information content (AvgIpc) is 2.78. The normalized spacial score (nSPS) is 23.0. The van der Waals surface area contributed by atoms with Crippen LogP contribution in [-0.2, 0) is 0 Å². The summed E-state index contributed by atoms with van der Waals surface area (Å²) in [4.78, 5) is 16.3. The minimum absolute atomic E-state index is 0.0731. The van der Waals surface area contributed by atoms with Crippen molar-refractivity contribution in [3.05, 3.63) is 28.5 Å². The lowest BCUT2D eigenvalue weighted by Gasteiger charge is -2.20. The van der Waals surface area contributed by atoms with Crippen LogP contribution in [0.4, 0.5) is 0 Å². The Kier molecular flexibility index (Phi) is 5.06. The fourth-order valence-electron chi connectivity index (χ4n) is 2.29. The highest BCUT2D eigenvalue weighted by molar-refractivity contribution is 9.10. The van der Waals surface area contributed by atoms with Gasteiger partial charge < -0.3 is 5.32 Å². The maximum Gasteiger partial charge on any atom is 0.271 e. The fraction of sp³-hybridized carbons (Fsp3) is 0.538.